The van der Waals surface area contributed by atoms with Crippen molar-refractivity contribution in [3.8, 4) is 0 Å². The van der Waals surface area contributed by atoms with Crippen molar-refractivity contribution in [2.75, 3.05) is 0 Å². The fraction of sp³-hybridized carbons (Fsp3) is 0.556. The van der Waals surface area contributed by atoms with Crippen molar-refractivity contribution in [3.05, 3.63) is 16.6 Å². The van der Waals surface area contributed by atoms with Gasteiger partial charge in [-0.05, 0) is 5.92 Å². The Labute approximate surface area is 82.2 Å². The van der Waals surface area contributed by atoms with Crippen molar-refractivity contribution in [1.29, 1.82) is 0 Å². The van der Waals surface area contributed by atoms with Gasteiger partial charge in [-0.2, -0.15) is 0 Å². The van der Waals surface area contributed by atoms with Crippen molar-refractivity contribution in [3.63, 3.8) is 0 Å². The molecule has 0 atom stereocenters. The molecule has 3 nitrogen and oxygen atoms in total. The number of aromatic nitrogens is 1. The van der Waals surface area contributed by atoms with Crippen LogP contribution in [0.2, 0.25) is 0 Å². The first kappa shape index (κ1) is 10.2. The number of carbonyl (C=O) groups excluding carboxylic acids is 1. The average Bonchev–Trinajstić information content (AvgIpc) is 2.51. The van der Waals surface area contributed by atoms with Gasteiger partial charge >= 0.3 is 0 Å². The maximum Gasteiger partial charge on any atom is 0.220 e. The van der Waals surface area contributed by atoms with Gasteiger partial charge in [-0.25, -0.2) is 4.98 Å². The summed E-state index contributed by atoms with van der Waals surface area (Å²) >= 11 is 1.54. The van der Waals surface area contributed by atoms with Gasteiger partial charge in [0.1, 0.15) is 0 Å². The summed E-state index contributed by atoms with van der Waals surface area (Å²) < 4.78 is 0. The van der Waals surface area contributed by atoms with Gasteiger partial charge in [-0.1, -0.05) is 13.8 Å². The predicted molar refractivity (Wildman–Crippen MR) is 53.4 cm³/mol. The van der Waals surface area contributed by atoms with E-state index in [0.717, 1.165) is 5.69 Å². The number of nitrogens with one attached hydrogen (secondary N) is 1. The van der Waals surface area contributed by atoms with Crippen molar-refractivity contribution >= 4 is 17.2 Å². The summed E-state index contributed by atoms with van der Waals surface area (Å²) in [6.45, 7) is 4.61. The van der Waals surface area contributed by atoms with Crippen LogP contribution in [0.5, 0.6) is 0 Å². The first-order valence-corrected chi connectivity index (χ1v) is 5.26. The highest BCUT2D eigenvalue weighted by Crippen LogP contribution is 2.01. The van der Waals surface area contributed by atoms with E-state index in [1.165, 1.54) is 0 Å². The van der Waals surface area contributed by atoms with E-state index in [4.69, 9.17) is 0 Å². The van der Waals surface area contributed by atoms with Crippen molar-refractivity contribution in [2.45, 2.75) is 26.8 Å². The number of hydrogen-bond donors (Lipinski definition) is 1. The molecule has 0 bridgehead atoms. The average molecular weight is 198 g/mol. The molecule has 0 saturated heterocycles. The molecule has 0 aliphatic heterocycles. The van der Waals surface area contributed by atoms with Crippen molar-refractivity contribution in [1.82, 2.24) is 10.3 Å². The van der Waals surface area contributed by atoms with Gasteiger partial charge in [0.2, 0.25) is 5.91 Å². The van der Waals surface area contributed by atoms with Gasteiger partial charge in [-0.3, -0.25) is 4.79 Å². The molecule has 13 heavy (non-hydrogen) atoms. The van der Waals surface area contributed by atoms with Crippen LogP contribution in [0.4, 0.5) is 0 Å². The smallest absolute Gasteiger partial charge is 0.220 e. The highest BCUT2D eigenvalue weighted by atomic mass is 32.1. The molecule has 0 fully saturated rings. The quantitative estimate of drug-likeness (QED) is 0.801. The third kappa shape index (κ3) is 4.03. The summed E-state index contributed by atoms with van der Waals surface area (Å²) in [5.41, 5.74) is 2.70. The number of amides is 1. The molecule has 0 saturated carbocycles. The van der Waals surface area contributed by atoms with Gasteiger partial charge in [0.15, 0.2) is 0 Å². The zero-order chi connectivity index (χ0) is 9.68. The van der Waals surface area contributed by atoms with Gasteiger partial charge in [-0.15, -0.1) is 11.3 Å². The number of nitrogens with zero attached hydrogens (tertiary/aromatic N) is 1. The molecule has 0 aromatic carbocycles. The molecule has 0 radical (unpaired) electrons. The molecule has 1 heterocycles. The fourth-order valence-electron chi connectivity index (χ4n) is 0.957. The summed E-state index contributed by atoms with van der Waals surface area (Å²) in [7, 11) is 0. The first-order valence-electron chi connectivity index (χ1n) is 4.32. The Balaban J connectivity index is 2.23. The second-order valence-electron chi connectivity index (χ2n) is 3.35. The van der Waals surface area contributed by atoms with Crippen LogP contribution in [-0.2, 0) is 11.3 Å². The lowest BCUT2D eigenvalue weighted by atomic mass is 10.1. The molecular formula is C9H14N2OS. The van der Waals surface area contributed by atoms with Crippen LogP contribution in [-0.4, -0.2) is 10.9 Å². The Kier molecular flexibility index (Phi) is 3.89. The predicted octanol–water partition coefficient (Wildman–Crippen LogP) is 1.81. The normalized spacial score (nSPS) is 10.4. The van der Waals surface area contributed by atoms with Crippen LogP contribution in [0, 0.1) is 5.92 Å². The molecule has 1 N–H and O–H groups in total. The van der Waals surface area contributed by atoms with E-state index in [1.807, 2.05) is 19.2 Å². The SMILES string of the molecule is CC(C)CC(=O)NCc1cscn1. The van der Waals surface area contributed by atoms with Crippen molar-refractivity contribution in [2.24, 2.45) is 5.92 Å². The first-order chi connectivity index (χ1) is 6.18. The van der Waals surface area contributed by atoms with E-state index in [1.54, 1.807) is 16.8 Å². The fourth-order valence-corrected chi connectivity index (χ4v) is 1.52. The molecule has 1 amide bonds. The Morgan fingerprint density at radius 1 is 1.69 bits per heavy atom. The molecule has 0 unspecified atom stereocenters. The molecule has 0 aliphatic carbocycles. The third-order valence-electron chi connectivity index (χ3n) is 1.54. The highest BCUT2D eigenvalue weighted by molar-refractivity contribution is 7.07. The second-order valence-corrected chi connectivity index (χ2v) is 4.07. The lowest BCUT2D eigenvalue weighted by Gasteiger charge is -2.04. The molecular weight excluding hydrogens is 184 g/mol. The Hall–Kier alpha value is -0.900. The maximum atomic E-state index is 11.2. The van der Waals surface area contributed by atoms with Gasteiger partial charge in [0, 0.05) is 11.8 Å². The van der Waals surface area contributed by atoms with E-state index in [9.17, 15) is 4.79 Å². The number of thiazole rings is 1. The van der Waals surface area contributed by atoms with Crippen LogP contribution in [0.1, 0.15) is 26.0 Å². The van der Waals surface area contributed by atoms with Crippen LogP contribution in [0.25, 0.3) is 0 Å². The second kappa shape index (κ2) is 4.97. The molecule has 4 heteroatoms. The van der Waals surface area contributed by atoms with Gasteiger partial charge in [0.05, 0.1) is 17.7 Å². The summed E-state index contributed by atoms with van der Waals surface area (Å²) in [4.78, 5) is 15.3. The zero-order valence-electron chi connectivity index (χ0n) is 7.91. The largest absolute Gasteiger partial charge is 0.350 e. The zero-order valence-corrected chi connectivity index (χ0v) is 8.73. The summed E-state index contributed by atoms with van der Waals surface area (Å²) in [5.74, 6) is 0.512. The van der Waals surface area contributed by atoms with E-state index in [-0.39, 0.29) is 5.91 Å². The van der Waals surface area contributed by atoms with E-state index in [2.05, 4.69) is 10.3 Å². The summed E-state index contributed by atoms with van der Waals surface area (Å²) in [6.07, 6.45) is 0.587. The molecule has 1 aromatic heterocycles. The standard InChI is InChI=1S/C9H14N2OS/c1-7(2)3-9(12)10-4-8-5-13-6-11-8/h5-7H,3-4H2,1-2H3,(H,10,12). The maximum absolute atomic E-state index is 11.2. The molecule has 1 rings (SSSR count). The lowest BCUT2D eigenvalue weighted by molar-refractivity contribution is -0.121. The monoisotopic (exact) mass is 198 g/mol. The minimum atomic E-state index is 0.100. The summed E-state index contributed by atoms with van der Waals surface area (Å²) in [6, 6.07) is 0. The summed E-state index contributed by atoms with van der Waals surface area (Å²) in [5, 5.41) is 4.76. The minimum Gasteiger partial charge on any atom is -0.350 e. The van der Waals surface area contributed by atoms with Crippen LogP contribution in [0.15, 0.2) is 10.9 Å². The molecule has 1 aromatic rings. The highest BCUT2D eigenvalue weighted by Gasteiger charge is 2.04. The molecule has 0 spiro atoms. The van der Waals surface area contributed by atoms with Crippen LogP contribution < -0.4 is 5.32 Å². The number of rotatable bonds is 4. The van der Waals surface area contributed by atoms with E-state index < -0.39 is 0 Å². The minimum absolute atomic E-state index is 0.100. The van der Waals surface area contributed by atoms with Crippen LogP contribution in [0.3, 0.4) is 0 Å². The Morgan fingerprint density at radius 2 is 2.46 bits per heavy atom. The van der Waals surface area contributed by atoms with E-state index in [0.29, 0.717) is 18.9 Å². The van der Waals surface area contributed by atoms with Crippen LogP contribution >= 0.6 is 11.3 Å². The van der Waals surface area contributed by atoms with E-state index >= 15 is 0 Å². The molecule has 72 valence electrons. The van der Waals surface area contributed by atoms with Crippen molar-refractivity contribution < 1.29 is 4.79 Å². The molecule has 0 aliphatic rings. The Bertz CT molecular complexity index is 257. The third-order valence-corrected chi connectivity index (χ3v) is 2.18. The Morgan fingerprint density at radius 3 is 3.00 bits per heavy atom. The number of carbonyl (C=O) groups is 1. The topological polar surface area (TPSA) is 42.0 Å². The number of hydrogen-bond acceptors (Lipinski definition) is 3. The van der Waals surface area contributed by atoms with Gasteiger partial charge in [0.25, 0.3) is 0 Å². The van der Waals surface area contributed by atoms with Gasteiger partial charge < -0.3 is 5.32 Å². The lowest BCUT2D eigenvalue weighted by Crippen LogP contribution is -2.23.